The first-order valence-electron chi connectivity index (χ1n) is 8.11. The number of nitrogens with one attached hydrogen (secondary N) is 1. The number of aryl methyl sites for hydroxylation is 1. The first kappa shape index (κ1) is 16.3. The second-order valence-electron chi connectivity index (χ2n) is 6.19. The van der Waals surface area contributed by atoms with Crippen molar-refractivity contribution in [3.63, 3.8) is 0 Å². The fraction of sp³-hybridized carbons (Fsp3) is 0.412. The van der Waals surface area contributed by atoms with Crippen LogP contribution in [0, 0.1) is 17.0 Å². The van der Waals surface area contributed by atoms with E-state index < -0.39 is 0 Å². The van der Waals surface area contributed by atoms with Gasteiger partial charge in [0.25, 0.3) is 5.69 Å². The van der Waals surface area contributed by atoms with E-state index >= 15 is 0 Å². The van der Waals surface area contributed by atoms with E-state index in [0.717, 1.165) is 49.6 Å². The van der Waals surface area contributed by atoms with Crippen LogP contribution in [-0.4, -0.2) is 38.9 Å². The predicted octanol–water partition coefficient (Wildman–Crippen LogP) is 2.77. The first-order chi connectivity index (χ1) is 11.6. The van der Waals surface area contributed by atoms with Crippen molar-refractivity contribution in [1.82, 2.24) is 14.9 Å². The quantitative estimate of drug-likeness (QED) is 0.671. The van der Waals surface area contributed by atoms with Gasteiger partial charge in [0.1, 0.15) is 12.1 Å². The van der Waals surface area contributed by atoms with Gasteiger partial charge in [-0.3, -0.25) is 15.0 Å². The molecule has 1 N–H and O–H groups in total. The second kappa shape index (κ2) is 7.35. The van der Waals surface area contributed by atoms with Crippen LogP contribution in [0.25, 0.3) is 0 Å². The summed E-state index contributed by atoms with van der Waals surface area (Å²) < 4.78 is 0. The van der Waals surface area contributed by atoms with Gasteiger partial charge in [-0.1, -0.05) is 12.1 Å². The highest BCUT2D eigenvalue weighted by atomic mass is 16.6. The Morgan fingerprint density at radius 1 is 1.38 bits per heavy atom. The average molecular weight is 327 g/mol. The molecule has 126 valence electrons. The largest absolute Gasteiger partial charge is 0.366 e. The van der Waals surface area contributed by atoms with Crippen molar-refractivity contribution in [2.75, 3.05) is 18.4 Å². The lowest BCUT2D eigenvalue weighted by Gasteiger charge is -2.33. The molecule has 0 spiro atoms. The maximum Gasteiger partial charge on any atom is 0.269 e. The van der Waals surface area contributed by atoms with Crippen molar-refractivity contribution in [1.29, 1.82) is 0 Å². The molecule has 1 fully saturated rings. The van der Waals surface area contributed by atoms with Crippen LogP contribution in [0.2, 0.25) is 0 Å². The molecule has 1 aromatic carbocycles. The molecule has 24 heavy (non-hydrogen) atoms. The van der Waals surface area contributed by atoms with Gasteiger partial charge >= 0.3 is 0 Å². The minimum absolute atomic E-state index is 0.149. The van der Waals surface area contributed by atoms with E-state index in [9.17, 15) is 10.1 Å². The van der Waals surface area contributed by atoms with Gasteiger partial charge in [0.2, 0.25) is 0 Å². The van der Waals surface area contributed by atoms with Crippen molar-refractivity contribution in [3.05, 3.63) is 58.0 Å². The number of nitro benzene ring substituents is 1. The summed E-state index contributed by atoms with van der Waals surface area (Å²) in [6.07, 6.45) is 3.76. The molecule has 0 bridgehead atoms. The predicted molar refractivity (Wildman–Crippen MR) is 91.8 cm³/mol. The lowest BCUT2D eigenvalue weighted by molar-refractivity contribution is -0.384. The van der Waals surface area contributed by atoms with Crippen LogP contribution in [-0.2, 0) is 6.54 Å². The van der Waals surface area contributed by atoms with Crippen LogP contribution < -0.4 is 5.32 Å². The third kappa shape index (κ3) is 4.26. The molecule has 7 nitrogen and oxygen atoms in total. The number of non-ortho nitro benzene ring substituents is 1. The van der Waals surface area contributed by atoms with E-state index in [1.54, 1.807) is 18.5 Å². The van der Waals surface area contributed by atoms with Crippen molar-refractivity contribution in [2.24, 2.45) is 0 Å². The van der Waals surface area contributed by atoms with E-state index in [2.05, 4.69) is 20.2 Å². The summed E-state index contributed by atoms with van der Waals surface area (Å²) in [5, 5.41) is 14.4. The van der Waals surface area contributed by atoms with Gasteiger partial charge in [-0.25, -0.2) is 9.97 Å². The fourth-order valence-electron chi connectivity index (χ4n) is 3.09. The molecule has 2 aromatic rings. The van der Waals surface area contributed by atoms with E-state index in [4.69, 9.17) is 0 Å². The van der Waals surface area contributed by atoms with E-state index in [1.807, 2.05) is 19.1 Å². The lowest BCUT2D eigenvalue weighted by Crippen LogP contribution is -2.41. The monoisotopic (exact) mass is 327 g/mol. The molecule has 1 aliphatic heterocycles. The summed E-state index contributed by atoms with van der Waals surface area (Å²) >= 11 is 0. The molecule has 7 heteroatoms. The Morgan fingerprint density at radius 2 is 2.25 bits per heavy atom. The van der Waals surface area contributed by atoms with Crippen molar-refractivity contribution in [2.45, 2.75) is 32.4 Å². The SMILES string of the molecule is Cc1cc(NC2CCCN(Cc3cccc([N+](=O)[O-])c3)C2)ncn1. The Labute approximate surface area is 140 Å². The van der Waals surface area contributed by atoms with E-state index in [1.165, 1.54) is 6.07 Å². The van der Waals surface area contributed by atoms with Gasteiger partial charge < -0.3 is 5.32 Å². The number of nitro groups is 1. The zero-order valence-electron chi connectivity index (χ0n) is 13.7. The van der Waals surface area contributed by atoms with E-state index in [-0.39, 0.29) is 10.6 Å². The van der Waals surface area contributed by atoms with Crippen LogP contribution in [0.15, 0.2) is 36.7 Å². The maximum atomic E-state index is 10.9. The number of hydrogen-bond acceptors (Lipinski definition) is 6. The lowest BCUT2D eigenvalue weighted by atomic mass is 10.0. The van der Waals surface area contributed by atoms with Crippen molar-refractivity contribution < 1.29 is 4.92 Å². The first-order valence-corrected chi connectivity index (χ1v) is 8.11. The summed E-state index contributed by atoms with van der Waals surface area (Å²) in [5.41, 5.74) is 2.06. The number of nitrogens with zero attached hydrogens (tertiary/aromatic N) is 4. The Balaban J connectivity index is 1.61. The summed E-state index contributed by atoms with van der Waals surface area (Å²) in [7, 11) is 0. The van der Waals surface area contributed by atoms with Gasteiger partial charge in [0, 0.05) is 43.0 Å². The van der Waals surface area contributed by atoms with Crippen LogP contribution in [0.5, 0.6) is 0 Å². The second-order valence-corrected chi connectivity index (χ2v) is 6.19. The number of piperidine rings is 1. The summed E-state index contributed by atoms with van der Waals surface area (Å²) in [4.78, 5) is 21.2. The normalized spacial score (nSPS) is 18.3. The summed E-state index contributed by atoms with van der Waals surface area (Å²) in [5.74, 6) is 0.852. The molecule has 1 saturated heterocycles. The highest BCUT2D eigenvalue weighted by molar-refractivity contribution is 5.36. The highest BCUT2D eigenvalue weighted by Crippen LogP contribution is 2.19. The standard InChI is InChI=1S/C17H21N5O2/c1-13-8-17(19-12-18-13)20-15-5-3-7-21(11-15)10-14-4-2-6-16(9-14)22(23)24/h2,4,6,8-9,12,15H,3,5,7,10-11H2,1H3,(H,18,19,20). The topological polar surface area (TPSA) is 84.2 Å². The van der Waals surface area contributed by atoms with Gasteiger partial charge in [0.15, 0.2) is 0 Å². The number of rotatable bonds is 5. The molecule has 1 aromatic heterocycles. The third-order valence-electron chi connectivity index (χ3n) is 4.19. The van der Waals surface area contributed by atoms with Crippen LogP contribution in [0.3, 0.4) is 0 Å². The van der Waals surface area contributed by atoms with Crippen LogP contribution >= 0.6 is 0 Å². The molecular formula is C17H21N5O2. The van der Waals surface area contributed by atoms with Gasteiger partial charge in [-0.2, -0.15) is 0 Å². The molecule has 3 rings (SSSR count). The molecule has 2 heterocycles. The minimum Gasteiger partial charge on any atom is -0.366 e. The Morgan fingerprint density at radius 3 is 3.04 bits per heavy atom. The molecule has 1 aliphatic rings. The average Bonchev–Trinajstić information content (AvgIpc) is 2.55. The van der Waals surface area contributed by atoms with Crippen LogP contribution in [0.1, 0.15) is 24.1 Å². The summed E-state index contributed by atoms with van der Waals surface area (Å²) in [6.45, 7) is 4.57. The number of anilines is 1. The molecule has 1 unspecified atom stereocenters. The molecule has 1 atom stereocenters. The van der Waals surface area contributed by atoms with Gasteiger partial charge in [0.05, 0.1) is 4.92 Å². The van der Waals surface area contributed by atoms with Crippen molar-refractivity contribution >= 4 is 11.5 Å². The number of hydrogen-bond donors (Lipinski definition) is 1. The number of aromatic nitrogens is 2. The van der Waals surface area contributed by atoms with Crippen molar-refractivity contribution in [3.8, 4) is 0 Å². The number of likely N-dealkylation sites (tertiary alicyclic amines) is 1. The number of benzene rings is 1. The highest BCUT2D eigenvalue weighted by Gasteiger charge is 2.20. The van der Waals surface area contributed by atoms with E-state index in [0.29, 0.717) is 6.04 Å². The molecule has 0 amide bonds. The molecular weight excluding hydrogens is 306 g/mol. The molecule has 0 aliphatic carbocycles. The zero-order chi connectivity index (χ0) is 16.9. The third-order valence-corrected chi connectivity index (χ3v) is 4.19. The fourth-order valence-corrected chi connectivity index (χ4v) is 3.09. The minimum atomic E-state index is -0.346. The Kier molecular flexibility index (Phi) is 5.00. The molecule has 0 saturated carbocycles. The zero-order valence-corrected chi connectivity index (χ0v) is 13.7. The smallest absolute Gasteiger partial charge is 0.269 e. The Hall–Kier alpha value is -2.54. The van der Waals surface area contributed by atoms with Crippen LogP contribution in [0.4, 0.5) is 11.5 Å². The maximum absolute atomic E-state index is 10.9. The Bertz CT molecular complexity index is 722. The summed E-state index contributed by atoms with van der Waals surface area (Å²) in [6, 6.07) is 9.15. The molecule has 0 radical (unpaired) electrons. The van der Waals surface area contributed by atoms with Gasteiger partial charge in [-0.15, -0.1) is 0 Å². The van der Waals surface area contributed by atoms with Gasteiger partial charge in [-0.05, 0) is 31.9 Å².